The maximum Gasteiger partial charge on any atom is 0.275 e. The summed E-state index contributed by atoms with van der Waals surface area (Å²) >= 11 is 0. The van der Waals surface area contributed by atoms with Crippen molar-refractivity contribution >= 4 is 16.7 Å². The zero-order valence-electron chi connectivity index (χ0n) is 14.6. The highest BCUT2D eigenvalue weighted by Gasteiger charge is 2.28. The van der Waals surface area contributed by atoms with Crippen molar-refractivity contribution in [1.29, 1.82) is 0 Å². The Hall–Kier alpha value is -3.06. The Bertz CT molecular complexity index is 1050. The Morgan fingerprint density at radius 3 is 2.93 bits per heavy atom. The van der Waals surface area contributed by atoms with E-state index in [2.05, 4.69) is 10.4 Å². The van der Waals surface area contributed by atoms with Crippen molar-refractivity contribution in [3.05, 3.63) is 76.5 Å². The molecule has 0 spiro atoms. The highest BCUT2D eigenvalue weighted by Crippen LogP contribution is 2.23. The van der Waals surface area contributed by atoms with Crippen molar-refractivity contribution in [2.75, 3.05) is 19.6 Å². The van der Waals surface area contributed by atoms with Gasteiger partial charge in [-0.3, -0.25) is 9.59 Å². The monoisotopic (exact) mass is 366 g/mol. The number of halogens is 1. The molecule has 3 aromatic rings. The molecule has 1 saturated heterocycles. The molecule has 1 amide bonds. The first-order valence-electron chi connectivity index (χ1n) is 8.84. The molecule has 27 heavy (non-hydrogen) atoms. The number of carbonyl (C=O) groups excluding carboxylic acids is 1. The lowest BCUT2D eigenvalue weighted by molar-refractivity contribution is -0.135. The number of nitrogens with one attached hydrogen (secondary N) is 1. The number of fused-ring (bicyclic) bond motifs is 1. The highest BCUT2D eigenvalue weighted by molar-refractivity contribution is 5.81. The average molecular weight is 366 g/mol. The lowest BCUT2D eigenvalue weighted by Crippen LogP contribution is -2.50. The summed E-state index contributed by atoms with van der Waals surface area (Å²) in [4.78, 5) is 27.2. The molecule has 1 N–H and O–H groups in total. The van der Waals surface area contributed by atoms with E-state index in [1.807, 2.05) is 18.2 Å². The van der Waals surface area contributed by atoms with Gasteiger partial charge in [0, 0.05) is 25.0 Å². The van der Waals surface area contributed by atoms with Crippen LogP contribution >= 0.6 is 0 Å². The smallest absolute Gasteiger partial charge is 0.275 e. The molecule has 0 bridgehead atoms. The molecule has 1 fully saturated rings. The molecule has 0 radical (unpaired) electrons. The number of nitrogens with zero attached hydrogens (tertiary/aromatic N) is 3. The molecular formula is C20H19FN4O2. The van der Waals surface area contributed by atoms with Crippen molar-refractivity contribution in [2.24, 2.45) is 0 Å². The van der Waals surface area contributed by atoms with Gasteiger partial charge in [0.15, 0.2) is 0 Å². The molecule has 1 aliphatic heterocycles. The van der Waals surface area contributed by atoms with Crippen LogP contribution in [0.25, 0.3) is 10.8 Å². The van der Waals surface area contributed by atoms with Crippen molar-refractivity contribution < 1.29 is 9.18 Å². The van der Waals surface area contributed by atoms with E-state index in [1.165, 1.54) is 16.8 Å². The first kappa shape index (κ1) is 17.4. The van der Waals surface area contributed by atoms with Gasteiger partial charge in [-0.05, 0) is 23.8 Å². The van der Waals surface area contributed by atoms with E-state index in [9.17, 15) is 14.0 Å². The SMILES string of the molecule is O=C(Cn1ncc2ccccc2c1=O)N1CCNCC1c1cccc(F)c1. The number of rotatable bonds is 3. The molecule has 2 aromatic carbocycles. The Morgan fingerprint density at radius 1 is 1.22 bits per heavy atom. The van der Waals surface area contributed by atoms with Gasteiger partial charge in [0.05, 0.1) is 17.6 Å². The predicted octanol–water partition coefficient (Wildman–Crippen LogP) is 1.71. The van der Waals surface area contributed by atoms with Gasteiger partial charge in [-0.1, -0.05) is 30.3 Å². The molecule has 1 atom stereocenters. The minimum Gasteiger partial charge on any atom is -0.331 e. The molecule has 4 rings (SSSR count). The normalized spacial score (nSPS) is 17.2. The van der Waals surface area contributed by atoms with Crippen LogP contribution < -0.4 is 10.9 Å². The van der Waals surface area contributed by atoms with Gasteiger partial charge in [0.25, 0.3) is 5.56 Å². The van der Waals surface area contributed by atoms with Crippen molar-refractivity contribution in [1.82, 2.24) is 20.0 Å². The maximum absolute atomic E-state index is 13.6. The van der Waals surface area contributed by atoms with Crippen LogP contribution in [0.2, 0.25) is 0 Å². The fourth-order valence-electron chi connectivity index (χ4n) is 3.47. The summed E-state index contributed by atoms with van der Waals surface area (Å²) in [7, 11) is 0. The fourth-order valence-corrected chi connectivity index (χ4v) is 3.47. The summed E-state index contributed by atoms with van der Waals surface area (Å²) in [6.07, 6.45) is 1.59. The van der Waals surface area contributed by atoms with E-state index >= 15 is 0 Å². The van der Waals surface area contributed by atoms with Crippen molar-refractivity contribution in [2.45, 2.75) is 12.6 Å². The number of amides is 1. The third-order valence-corrected chi connectivity index (χ3v) is 4.84. The number of carbonyl (C=O) groups is 1. The van der Waals surface area contributed by atoms with Gasteiger partial charge in [-0.25, -0.2) is 9.07 Å². The van der Waals surface area contributed by atoms with Gasteiger partial charge in [0.2, 0.25) is 5.91 Å². The van der Waals surface area contributed by atoms with E-state index in [1.54, 1.807) is 29.3 Å². The van der Waals surface area contributed by atoms with E-state index in [4.69, 9.17) is 0 Å². The number of aromatic nitrogens is 2. The van der Waals surface area contributed by atoms with Crippen LogP contribution in [0.15, 0.2) is 59.5 Å². The topological polar surface area (TPSA) is 67.2 Å². The maximum atomic E-state index is 13.6. The number of hydrogen-bond donors (Lipinski definition) is 1. The molecule has 6 nitrogen and oxygen atoms in total. The van der Waals surface area contributed by atoms with Gasteiger partial charge in [-0.2, -0.15) is 5.10 Å². The standard InChI is InChI=1S/C20H19FN4O2/c21-16-6-3-5-14(10-16)18-12-22-8-9-24(18)19(26)13-25-20(27)17-7-2-1-4-15(17)11-23-25/h1-7,10-11,18,22H,8-9,12-13H2. The Balaban J connectivity index is 1.61. The minimum absolute atomic E-state index is 0.143. The third-order valence-electron chi connectivity index (χ3n) is 4.84. The summed E-state index contributed by atoms with van der Waals surface area (Å²) in [6, 6.07) is 13.1. The van der Waals surface area contributed by atoms with Crippen LogP contribution in [0.4, 0.5) is 4.39 Å². The lowest BCUT2D eigenvalue weighted by atomic mass is 10.0. The van der Waals surface area contributed by atoms with Gasteiger partial charge in [0.1, 0.15) is 12.4 Å². The van der Waals surface area contributed by atoms with Crippen LogP contribution in [0.5, 0.6) is 0 Å². The Kier molecular flexibility index (Phi) is 4.68. The number of benzene rings is 2. The summed E-state index contributed by atoms with van der Waals surface area (Å²) in [5.41, 5.74) is 0.438. The van der Waals surface area contributed by atoms with Crippen LogP contribution in [0.1, 0.15) is 11.6 Å². The van der Waals surface area contributed by atoms with Crippen LogP contribution in [-0.2, 0) is 11.3 Å². The van der Waals surface area contributed by atoms with Crippen molar-refractivity contribution in [3.8, 4) is 0 Å². The molecule has 1 aliphatic rings. The quantitative estimate of drug-likeness (QED) is 0.766. The summed E-state index contributed by atoms with van der Waals surface area (Å²) in [5, 5.41) is 8.64. The molecule has 0 saturated carbocycles. The third kappa shape index (κ3) is 3.46. The number of piperazine rings is 1. The van der Waals surface area contributed by atoms with Gasteiger partial charge in [-0.15, -0.1) is 0 Å². The molecule has 7 heteroatoms. The average Bonchev–Trinajstić information content (AvgIpc) is 2.70. The largest absolute Gasteiger partial charge is 0.331 e. The van der Waals surface area contributed by atoms with Crippen LogP contribution in [-0.4, -0.2) is 40.2 Å². The van der Waals surface area contributed by atoms with Gasteiger partial charge >= 0.3 is 0 Å². The first-order valence-corrected chi connectivity index (χ1v) is 8.84. The predicted molar refractivity (Wildman–Crippen MR) is 99.7 cm³/mol. The molecule has 1 aromatic heterocycles. The first-order chi connectivity index (χ1) is 13.1. The van der Waals surface area contributed by atoms with Crippen molar-refractivity contribution in [3.63, 3.8) is 0 Å². The zero-order valence-corrected chi connectivity index (χ0v) is 14.6. The summed E-state index contributed by atoms with van der Waals surface area (Å²) in [5.74, 6) is -0.548. The van der Waals surface area contributed by atoms with E-state index < -0.39 is 0 Å². The second-order valence-electron chi connectivity index (χ2n) is 6.56. The molecule has 2 heterocycles. The van der Waals surface area contributed by atoms with E-state index in [-0.39, 0.29) is 29.9 Å². The Morgan fingerprint density at radius 2 is 2.07 bits per heavy atom. The molecular weight excluding hydrogens is 347 g/mol. The Labute approximate surface area is 155 Å². The van der Waals surface area contributed by atoms with Crippen LogP contribution in [0.3, 0.4) is 0 Å². The highest BCUT2D eigenvalue weighted by atomic mass is 19.1. The minimum atomic E-state index is -0.335. The fraction of sp³-hybridized carbons (Fsp3) is 0.250. The molecule has 0 aliphatic carbocycles. The van der Waals surface area contributed by atoms with E-state index in [0.717, 1.165) is 10.9 Å². The summed E-state index contributed by atoms with van der Waals surface area (Å²) in [6.45, 7) is 1.53. The lowest BCUT2D eigenvalue weighted by Gasteiger charge is -2.36. The van der Waals surface area contributed by atoms with Gasteiger partial charge < -0.3 is 10.2 Å². The molecule has 1 unspecified atom stereocenters. The van der Waals surface area contributed by atoms with E-state index in [0.29, 0.717) is 25.0 Å². The molecule has 138 valence electrons. The van der Waals surface area contributed by atoms with Crippen LogP contribution in [0, 0.1) is 5.82 Å². The number of hydrogen-bond acceptors (Lipinski definition) is 4. The second-order valence-corrected chi connectivity index (χ2v) is 6.56. The second kappa shape index (κ2) is 7.28. The zero-order chi connectivity index (χ0) is 18.8. The summed E-state index contributed by atoms with van der Waals surface area (Å²) < 4.78 is 14.8.